The Morgan fingerprint density at radius 1 is 1.12 bits per heavy atom. The third kappa shape index (κ3) is 3.49. The van der Waals surface area contributed by atoms with Crippen molar-refractivity contribution in [1.82, 2.24) is 9.88 Å². The van der Waals surface area contributed by atoms with Crippen molar-refractivity contribution in [2.75, 3.05) is 6.54 Å². The molecular weight excluding hydrogens is 413 g/mol. The molecule has 1 amide bonds. The lowest BCUT2D eigenvalue weighted by Crippen LogP contribution is -2.30. The van der Waals surface area contributed by atoms with Gasteiger partial charge in [-0.2, -0.15) is 0 Å². The lowest BCUT2D eigenvalue weighted by molar-refractivity contribution is -0.384. The number of fused-ring (bicyclic) bond motifs is 1. The number of amides is 1. The SMILES string of the molecule is O=C(c1ccc([N+](=O)[O-])cc1)N1CCC[C@H]1c1nc2cc(-c3ccccc3F)ccc2o1. The number of oxazole rings is 1. The number of carbonyl (C=O) groups excluding carboxylic acids is 1. The summed E-state index contributed by atoms with van der Waals surface area (Å²) in [4.78, 5) is 29.7. The average Bonchev–Trinajstić information content (AvgIpc) is 3.45. The number of carbonyl (C=O) groups is 1. The van der Waals surface area contributed by atoms with Crippen LogP contribution in [0.15, 0.2) is 71.1 Å². The van der Waals surface area contributed by atoms with Gasteiger partial charge < -0.3 is 9.32 Å². The van der Waals surface area contributed by atoms with Crippen molar-refractivity contribution >= 4 is 22.7 Å². The molecule has 0 unspecified atom stereocenters. The van der Waals surface area contributed by atoms with Crippen molar-refractivity contribution in [3.63, 3.8) is 0 Å². The summed E-state index contributed by atoms with van der Waals surface area (Å²) in [6.45, 7) is 0.541. The van der Waals surface area contributed by atoms with Crippen LogP contribution in [0.2, 0.25) is 0 Å². The Hall–Kier alpha value is -4.07. The molecule has 1 aromatic heterocycles. The second-order valence-electron chi connectivity index (χ2n) is 7.68. The minimum Gasteiger partial charge on any atom is -0.438 e. The van der Waals surface area contributed by atoms with Gasteiger partial charge in [0.2, 0.25) is 5.89 Å². The summed E-state index contributed by atoms with van der Waals surface area (Å²) >= 11 is 0. The van der Waals surface area contributed by atoms with Gasteiger partial charge in [0.15, 0.2) is 5.58 Å². The molecule has 1 fully saturated rings. The molecular formula is C24H18FN3O4. The minimum atomic E-state index is -0.499. The zero-order valence-electron chi connectivity index (χ0n) is 16.9. The molecule has 32 heavy (non-hydrogen) atoms. The monoisotopic (exact) mass is 431 g/mol. The largest absolute Gasteiger partial charge is 0.438 e. The number of nitro benzene ring substituents is 1. The standard InChI is InChI=1S/C24H18FN3O4/c25-19-5-2-1-4-18(19)16-9-12-22-20(14-16)26-23(32-22)21-6-3-13-27(21)24(29)15-7-10-17(11-8-15)28(30)31/h1-2,4-5,7-12,14,21H,3,6,13H2/t21-/m0/s1. The van der Waals surface area contributed by atoms with Crippen LogP contribution in [-0.2, 0) is 0 Å². The van der Waals surface area contributed by atoms with Gasteiger partial charge in [0, 0.05) is 29.8 Å². The Labute approximate surface area is 182 Å². The fourth-order valence-electron chi connectivity index (χ4n) is 4.11. The molecule has 8 heteroatoms. The molecule has 1 saturated heterocycles. The van der Waals surface area contributed by atoms with Crippen molar-refractivity contribution in [2.24, 2.45) is 0 Å². The predicted octanol–water partition coefficient (Wildman–Crippen LogP) is 5.52. The fraction of sp³-hybridized carbons (Fsp3) is 0.167. The Bertz CT molecular complexity index is 1330. The van der Waals surface area contributed by atoms with Gasteiger partial charge in [-0.25, -0.2) is 9.37 Å². The zero-order valence-corrected chi connectivity index (χ0v) is 16.9. The average molecular weight is 431 g/mol. The first kappa shape index (κ1) is 19.9. The molecule has 160 valence electrons. The molecule has 1 aliphatic rings. The van der Waals surface area contributed by atoms with E-state index in [-0.39, 0.29) is 23.5 Å². The number of rotatable bonds is 4. The van der Waals surface area contributed by atoms with Gasteiger partial charge in [0.05, 0.1) is 4.92 Å². The van der Waals surface area contributed by atoms with Gasteiger partial charge in [-0.15, -0.1) is 0 Å². The van der Waals surface area contributed by atoms with Crippen LogP contribution in [-0.4, -0.2) is 27.3 Å². The molecule has 1 atom stereocenters. The summed E-state index contributed by atoms with van der Waals surface area (Å²) in [5.41, 5.74) is 2.64. The van der Waals surface area contributed by atoms with Crippen LogP contribution >= 0.6 is 0 Å². The van der Waals surface area contributed by atoms with Gasteiger partial charge in [0.1, 0.15) is 17.4 Å². The summed E-state index contributed by atoms with van der Waals surface area (Å²) in [7, 11) is 0. The first-order chi connectivity index (χ1) is 15.5. The second-order valence-corrected chi connectivity index (χ2v) is 7.68. The van der Waals surface area contributed by atoms with Gasteiger partial charge in [-0.3, -0.25) is 14.9 Å². The van der Waals surface area contributed by atoms with Gasteiger partial charge in [-0.1, -0.05) is 24.3 Å². The Morgan fingerprint density at radius 3 is 2.66 bits per heavy atom. The lowest BCUT2D eigenvalue weighted by atomic mass is 10.0. The van der Waals surface area contributed by atoms with Crippen LogP contribution in [0.25, 0.3) is 22.2 Å². The number of likely N-dealkylation sites (tertiary alicyclic amines) is 1. The van der Waals surface area contributed by atoms with Gasteiger partial charge >= 0.3 is 0 Å². The number of hydrogen-bond donors (Lipinski definition) is 0. The number of aromatic nitrogens is 1. The quantitative estimate of drug-likeness (QED) is 0.314. The van der Waals surface area contributed by atoms with Crippen molar-refractivity contribution in [1.29, 1.82) is 0 Å². The molecule has 2 heterocycles. The maximum absolute atomic E-state index is 14.2. The molecule has 0 radical (unpaired) electrons. The van der Waals surface area contributed by atoms with E-state index in [1.807, 2.05) is 0 Å². The molecule has 5 rings (SSSR count). The topological polar surface area (TPSA) is 89.5 Å². The number of nitrogens with zero attached hydrogens (tertiary/aromatic N) is 3. The van der Waals surface area contributed by atoms with Crippen LogP contribution in [0.4, 0.5) is 10.1 Å². The third-order valence-electron chi connectivity index (χ3n) is 5.71. The number of non-ortho nitro benzene ring substituents is 1. The van der Waals surface area contributed by atoms with E-state index < -0.39 is 4.92 Å². The molecule has 0 bridgehead atoms. The maximum Gasteiger partial charge on any atom is 0.269 e. The van der Waals surface area contributed by atoms with Crippen LogP contribution in [0.3, 0.4) is 0 Å². The van der Waals surface area contributed by atoms with E-state index in [1.54, 1.807) is 41.3 Å². The van der Waals surface area contributed by atoms with E-state index in [1.165, 1.54) is 30.3 Å². The van der Waals surface area contributed by atoms with Crippen molar-refractivity contribution in [2.45, 2.75) is 18.9 Å². The van der Waals surface area contributed by atoms with E-state index in [2.05, 4.69) is 4.98 Å². The molecule has 4 aromatic rings. The zero-order chi connectivity index (χ0) is 22.2. The summed E-state index contributed by atoms with van der Waals surface area (Å²) < 4.78 is 20.1. The Balaban J connectivity index is 1.44. The summed E-state index contributed by atoms with van der Waals surface area (Å²) in [6, 6.07) is 17.1. The molecule has 7 nitrogen and oxygen atoms in total. The number of hydrogen-bond acceptors (Lipinski definition) is 5. The Kier molecular flexibility index (Phi) is 4.89. The molecule has 1 aliphatic heterocycles. The van der Waals surface area contributed by atoms with Crippen LogP contribution < -0.4 is 0 Å². The van der Waals surface area contributed by atoms with E-state index in [0.29, 0.717) is 46.6 Å². The van der Waals surface area contributed by atoms with E-state index in [0.717, 1.165) is 6.42 Å². The van der Waals surface area contributed by atoms with Crippen LogP contribution in [0.1, 0.15) is 35.1 Å². The van der Waals surface area contributed by atoms with Crippen LogP contribution in [0.5, 0.6) is 0 Å². The molecule has 0 aliphatic carbocycles. The number of halogens is 1. The molecule has 0 N–H and O–H groups in total. The molecule has 0 saturated carbocycles. The highest BCUT2D eigenvalue weighted by molar-refractivity contribution is 5.95. The van der Waals surface area contributed by atoms with Gasteiger partial charge in [-0.05, 0) is 48.7 Å². The first-order valence-corrected chi connectivity index (χ1v) is 10.2. The van der Waals surface area contributed by atoms with Gasteiger partial charge in [0.25, 0.3) is 11.6 Å². The highest BCUT2D eigenvalue weighted by Crippen LogP contribution is 2.35. The predicted molar refractivity (Wildman–Crippen MR) is 116 cm³/mol. The molecule has 0 spiro atoms. The highest BCUT2D eigenvalue weighted by Gasteiger charge is 2.34. The number of benzene rings is 3. The number of nitro groups is 1. The second kappa shape index (κ2) is 7.88. The molecule has 3 aromatic carbocycles. The normalized spacial score (nSPS) is 15.9. The fourth-order valence-corrected chi connectivity index (χ4v) is 4.11. The Morgan fingerprint density at radius 2 is 1.91 bits per heavy atom. The van der Waals surface area contributed by atoms with Crippen molar-refractivity contribution in [3.05, 3.63) is 94.1 Å². The van der Waals surface area contributed by atoms with E-state index in [4.69, 9.17) is 4.42 Å². The summed E-state index contributed by atoms with van der Waals surface area (Å²) in [5, 5.41) is 10.9. The first-order valence-electron chi connectivity index (χ1n) is 10.2. The van der Waals surface area contributed by atoms with E-state index in [9.17, 15) is 19.3 Å². The van der Waals surface area contributed by atoms with Crippen LogP contribution in [0, 0.1) is 15.9 Å². The van der Waals surface area contributed by atoms with Crippen molar-refractivity contribution < 1.29 is 18.5 Å². The third-order valence-corrected chi connectivity index (χ3v) is 5.71. The minimum absolute atomic E-state index is 0.0656. The lowest BCUT2D eigenvalue weighted by Gasteiger charge is -2.22. The highest BCUT2D eigenvalue weighted by atomic mass is 19.1. The van der Waals surface area contributed by atoms with E-state index >= 15 is 0 Å². The maximum atomic E-state index is 14.2. The summed E-state index contributed by atoms with van der Waals surface area (Å²) in [5.74, 6) is -0.110. The van der Waals surface area contributed by atoms with Crippen molar-refractivity contribution in [3.8, 4) is 11.1 Å². The summed E-state index contributed by atoms with van der Waals surface area (Å²) in [6.07, 6.45) is 1.49. The smallest absolute Gasteiger partial charge is 0.269 e.